The molecule has 1 unspecified atom stereocenters. The van der Waals surface area contributed by atoms with E-state index >= 15 is 0 Å². The van der Waals surface area contributed by atoms with Gasteiger partial charge in [0, 0.05) is 18.8 Å². The fourth-order valence-electron chi connectivity index (χ4n) is 3.12. The number of carbonyl (C=O) groups excluding carboxylic acids is 1. The van der Waals surface area contributed by atoms with Crippen LogP contribution in [-0.4, -0.2) is 37.1 Å². The third-order valence-corrected chi connectivity index (χ3v) is 6.30. The highest BCUT2D eigenvalue weighted by atomic mass is 32.2. The minimum atomic E-state index is -0.206. The highest BCUT2D eigenvalue weighted by molar-refractivity contribution is 8.26. The Morgan fingerprint density at radius 3 is 2.79 bits per heavy atom. The summed E-state index contributed by atoms with van der Waals surface area (Å²) in [6.07, 6.45) is 7.33. The zero-order valence-corrected chi connectivity index (χ0v) is 18.6. The third-order valence-electron chi connectivity index (χ3n) is 4.97. The molecule has 0 aromatic carbocycles. The Labute approximate surface area is 180 Å². The first kappa shape index (κ1) is 21.5. The van der Waals surface area contributed by atoms with Gasteiger partial charge in [-0.3, -0.25) is 18.9 Å². The molecule has 0 bridgehead atoms. The molecule has 1 atom stereocenters. The summed E-state index contributed by atoms with van der Waals surface area (Å²) in [4.78, 5) is 32.8. The molecule has 2 aromatic rings. The lowest BCUT2D eigenvalue weighted by Crippen LogP contribution is -2.36. The number of fused-ring (bicyclic) bond motifs is 1. The Bertz CT molecular complexity index is 1020. The van der Waals surface area contributed by atoms with Gasteiger partial charge in [0.15, 0.2) is 0 Å². The summed E-state index contributed by atoms with van der Waals surface area (Å²) >= 11 is 6.65. The Morgan fingerprint density at radius 1 is 1.28 bits per heavy atom. The number of hydrogen-bond acceptors (Lipinski definition) is 6. The van der Waals surface area contributed by atoms with E-state index in [1.807, 2.05) is 19.9 Å². The highest BCUT2D eigenvalue weighted by Crippen LogP contribution is 2.34. The maximum Gasteiger partial charge on any atom is 0.267 e. The molecule has 0 saturated carbocycles. The molecule has 6 nitrogen and oxygen atoms in total. The van der Waals surface area contributed by atoms with Gasteiger partial charge in [-0.15, -0.1) is 0 Å². The number of amides is 1. The molecule has 0 radical (unpaired) electrons. The van der Waals surface area contributed by atoms with Crippen LogP contribution in [0, 0.1) is 0 Å². The van der Waals surface area contributed by atoms with Crippen molar-refractivity contribution in [2.45, 2.75) is 52.5 Å². The van der Waals surface area contributed by atoms with Crippen molar-refractivity contribution in [1.82, 2.24) is 14.3 Å². The van der Waals surface area contributed by atoms with Gasteiger partial charge < -0.3 is 5.32 Å². The van der Waals surface area contributed by atoms with E-state index in [0.717, 1.165) is 32.2 Å². The number of rotatable bonds is 8. The van der Waals surface area contributed by atoms with E-state index in [4.69, 9.17) is 12.2 Å². The van der Waals surface area contributed by atoms with Crippen molar-refractivity contribution in [3.63, 3.8) is 0 Å². The Hall–Kier alpha value is -2.19. The van der Waals surface area contributed by atoms with E-state index in [9.17, 15) is 9.59 Å². The smallest absolute Gasteiger partial charge is 0.267 e. The topological polar surface area (TPSA) is 66.7 Å². The fraction of sp³-hybridized carbons (Fsp3) is 0.429. The van der Waals surface area contributed by atoms with Gasteiger partial charge in [0.05, 0.1) is 10.5 Å². The Kier molecular flexibility index (Phi) is 7.08. The van der Waals surface area contributed by atoms with Crippen molar-refractivity contribution in [1.29, 1.82) is 0 Å². The van der Waals surface area contributed by atoms with E-state index < -0.39 is 0 Å². The van der Waals surface area contributed by atoms with Gasteiger partial charge >= 0.3 is 0 Å². The molecule has 154 valence electrons. The molecule has 1 aliphatic rings. The average Bonchev–Trinajstić information content (AvgIpc) is 3.00. The van der Waals surface area contributed by atoms with Crippen molar-refractivity contribution in [3.8, 4) is 0 Å². The molecule has 3 heterocycles. The molecule has 1 saturated heterocycles. The summed E-state index contributed by atoms with van der Waals surface area (Å²) in [6.45, 7) is 6.86. The second kappa shape index (κ2) is 9.54. The molecule has 1 fully saturated rings. The maximum absolute atomic E-state index is 13.2. The highest BCUT2D eigenvalue weighted by Gasteiger charge is 2.35. The van der Waals surface area contributed by atoms with Crippen LogP contribution >= 0.6 is 24.0 Å². The van der Waals surface area contributed by atoms with Crippen LogP contribution in [-0.2, 0) is 4.79 Å². The molecule has 1 N–H and O–H groups in total. The number of nitrogens with one attached hydrogen (secondary N) is 1. The van der Waals surface area contributed by atoms with Crippen molar-refractivity contribution in [2.24, 2.45) is 0 Å². The van der Waals surface area contributed by atoms with E-state index in [-0.39, 0.29) is 17.5 Å². The quantitative estimate of drug-likeness (QED) is 0.383. The second-order valence-corrected chi connectivity index (χ2v) is 8.73. The first-order chi connectivity index (χ1) is 14.0. The number of anilines is 1. The van der Waals surface area contributed by atoms with Crippen LogP contribution in [0.3, 0.4) is 0 Å². The lowest BCUT2D eigenvalue weighted by Gasteiger charge is -2.21. The molecule has 1 amide bonds. The van der Waals surface area contributed by atoms with E-state index in [1.165, 1.54) is 16.2 Å². The number of thiocarbonyl (C=S) groups is 1. The lowest BCUT2D eigenvalue weighted by molar-refractivity contribution is -0.123. The number of unbranched alkanes of at least 4 members (excludes halogenated alkanes) is 2. The van der Waals surface area contributed by atoms with Crippen LogP contribution < -0.4 is 10.9 Å². The Balaban J connectivity index is 2.04. The number of carbonyl (C=O) groups is 1. The normalized spacial score (nSPS) is 16.8. The summed E-state index contributed by atoms with van der Waals surface area (Å²) in [5.74, 6) is 0.356. The predicted molar refractivity (Wildman–Crippen MR) is 124 cm³/mol. The number of thioether (sulfide) groups is 1. The molecule has 3 rings (SSSR count). The molecule has 0 aliphatic carbocycles. The number of aromatic nitrogens is 2. The summed E-state index contributed by atoms with van der Waals surface area (Å²) in [5.41, 5.74) is 0.747. The molecular formula is C21H26N4O2S2. The van der Waals surface area contributed by atoms with E-state index in [1.54, 1.807) is 29.3 Å². The van der Waals surface area contributed by atoms with Gasteiger partial charge in [-0.2, -0.15) is 0 Å². The maximum atomic E-state index is 13.2. The van der Waals surface area contributed by atoms with Crippen molar-refractivity contribution < 1.29 is 4.79 Å². The molecule has 2 aromatic heterocycles. The number of hydrogen-bond donors (Lipinski definition) is 1. The predicted octanol–water partition coefficient (Wildman–Crippen LogP) is 4.30. The molecule has 1 aliphatic heterocycles. The summed E-state index contributed by atoms with van der Waals surface area (Å²) < 4.78 is 2.03. The number of pyridine rings is 1. The second-order valence-electron chi connectivity index (χ2n) is 7.05. The van der Waals surface area contributed by atoms with Crippen molar-refractivity contribution >= 4 is 51.7 Å². The molecule has 8 heteroatoms. The van der Waals surface area contributed by atoms with Crippen LogP contribution in [0.5, 0.6) is 0 Å². The fourth-order valence-corrected chi connectivity index (χ4v) is 4.57. The molecular weight excluding hydrogens is 404 g/mol. The van der Waals surface area contributed by atoms with Gasteiger partial charge in [-0.05, 0) is 38.0 Å². The summed E-state index contributed by atoms with van der Waals surface area (Å²) in [7, 11) is 0. The minimum absolute atomic E-state index is 0.0239. The van der Waals surface area contributed by atoms with Crippen molar-refractivity contribution in [3.05, 3.63) is 45.2 Å². The first-order valence-electron chi connectivity index (χ1n) is 10.00. The monoisotopic (exact) mass is 430 g/mol. The average molecular weight is 431 g/mol. The zero-order valence-electron chi connectivity index (χ0n) is 17.0. The number of nitrogens with zero attached hydrogens (tertiary/aromatic N) is 3. The van der Waals surface area contributed by atoms with Gasteiger partial charge in [0.2, 0.25) is 0 Å². The van der Waals surface area contributed by atoms with E-state index in [2.05, 4.69) is 17.2 Å². The molecule has 29 heavy (non-hydrogen) atoms. The van der Waals surface area contributed by atoms with Gasteiger partial charge in [0.25, 0.3) is 11.5 Å². The SMILES string of the molecule is CCCCCNc1nc2ccccn2c(=O)c1/C=C1/SC(=S)N(C(C)CC)C1=O. The summed E-state index contributed by atoms with van der Waals surface area (Å²) in [6, 6.07) is 5.46. The Morgan fingerprint density at radius 2 is 2.07 bits per heavy atom. The zero-order chi connectivity index (χ0) is 21.0. The minimum Gasteiger partial charge on any atom is -0.369 e. The van der Waals surface area contributed by atoms with Crippen LogP contribution in [0.15, 0.2) is 34.1 Å². The van der Waals surface area contributed by atoms with Crippen molar-refractivity contribution in [2.75, 3.05) is 11.9 Å². The largest absolute Gasteiger partial charge is 0.369 e. The van der Waals surface area contributed by atoms with Crippen LogP contribution in [0.2, 0.25) is 0 Å². The van der Waals surface area contributed by atoms with Crippen LogP contribution in [0.4, 0.5) is 5.82 Å². The van der Waals surface area contributed by atoms with E-state index in [0.29, 0.717) is 26.3 Å². The van der Waals surface area contributed by atoms with Gasteiger partial charge in [-0.1, -0.05) is 56.7 Å². The molecule has 0 spiro atoms. The standard InChI is InChI=1S/C21H26N4O2S2/c1-4-6-8-11-22-18-15(19(26)24-12-9-7-10-17(24)23-18)13-16-20(27)25(14(3)5-2)21(28)29-16/h7,9-10,12-14,22H,4-6,8,11H2,1-3H3/b16-13+. The third kappa shape index (κ3) is 4.53. The van der Waals surface area contributed by atoms with Crippen LogP contribution in [0.25, 0.3) is 11.7 Å². The first-order valence-corrected chi connectivity index (χ1v) is 11.2. The summed E-state index contributed by atoms with van der Waals surface area (Å²) in [5, 5.41) is 3.29. The van der Waals surface area contributed by atoms with Crippen LogP contribution in [0.1, 0.15) is 52.0 Å². The lowest BCUT2D eigenvalue weighted by atomic mass is 10.2. The van der Waals surface area contributed by atoms with Gasteiger partial charge in [-0.25, -0.2) is 4.98 Å². The van der Waals surface area contributed by atoms with Gasteiger partial charge in [0.1, 0.15) is 15.8 Å².